The van der Waals surface area contributed by atoms with E-state index < -0.39 is 0 Å². The van der Waals surface area contributed by atoms with Crippen molar-refractivity contribution in [2.75, 3.05) is 12.3 Å². The summed E-state index contributed by atoms with van der Waals surface area (Å²) in [4.78, 5) is 15.4. The summed E-state index contributed by atoms with van der Waals surface area (Å²) in [5.41, 5.74) is 5.16. The molecule has 88 valence electrons. The molecule has 0 bridgehead atoms. The highest BCUT2D eigenvalue weighted by Crippen LogP contribution is 2.31. The average Bonchev–Trinajstić information content (AvgIpc) is 2.29. The molecule has 1 aromatic rings. The molecule has 1 aromatic heterocycles. The first-order valence-electron chi connectivity index (χ1n) is 5.66. The molecule has 1 fully saturated rings. The highest BCUT2D eigenvalue weighted by Gasteiger charge is 2.23. The van der Waals surface area contributed by atoms with Crippen molar-refractivity contribution in [1.29, 1.82) is 0 Å². The van der Waals surface area contributed by atoms with E-state index >= 15 is 0 Å². The maximum absolute atomic E-state index is 11.6. The third kappa shape index (κ3) is 2.24. The molecule has 0 amide bonds. The van der Waals surface area contributed by atoms with Crippen LogP contribution >= 0.6 is 0 Å². The number of rotatable bonds is 2. The van der Waals surface area contributed by atoms with Gasteiger partial charge >= 0.3 is 5.69 Å². The number of aliphatic hydroxyl groups is 1. The van der Waals surface area contributed by atoms with Crippen molar-refractivity contribution in [2.45, 2.75) is 31.7 Å². The van der Waals surface area contributed by atoms with Gasteiger partial charge in [0.25, 0.3) is 0 Å². The highest BCUT2D eigenvalue weighted by atomic mass is 16.3. The van der Waals surface area contributed by atoms with E-state index in [2.05, 4.69) is 4.98 Å². The van der Waals surface area contributed by atoms with Crippen LogP contribution < -0.4 is 11.4 Å². The van der Waals surface area contributed by atoms with Crippen LogP contribution in [-0.4, -0.2) is 21.3 Å². The van der Waals surface area contributed by atoms with Gasteiger partial charge in [-0.1, -0.05) is 6.42 Å². The molecule has 2 atom stereocenters. The molecule has 0 unspecified atom stereocenters. The molecular weight excluding hydrogens is 206 g/mol. The van der Waals surface area contributed by atoms with E-state index in [4.69, 9.17) is 10.8 Å². The molecule has 0 radical (unpaired) electrons. The predicted octanol–water partition coefficient (Wildman–Crippen LogP) is 0.549. The summed E-state index contributed by atoms with van der Waals surface area (Å²) < 4.78 is 1.64. The minimum Gasteiger partial charge on any atom is -0.396 e. The first kappa shape index (κ1) is 11.1. The van der Waals surface area contributed by atoms with E-state index in [9.17, 15) is 4.79 Å². The lowest BCUT2D eigenvalue weighted by Gasteiger charge is -2.28. The average molecular weight is 223 g/mol. The summed E-state index contributed by atoms with van der Waals surface area (Å²) in [6, 6.07) is 1.80. The van der Waals surface area contributed by atoms with Crippen molar-refractivity contribution in [2.24, 2.45) is 5.92 Å². The van der Waals surface area contributed by atoms with Gasteiger partial charge in [-0.3, -0.25) is 4.57 Å². The van der Waals surface area contributed by atoms with Crippen LogP contribution in [0.4, 0.5) is 5.82 Å². The summed E-state index contributed by atoms with van der Waals surface area (Å²) in [5.74, 6) is 0.568. The Balaban J connectivity index is 2.20. The third-order valence-corrected chi connectivity index (χ3v) is 3.26. The molecule has 2 rings (SSSR count). The molecule has 0 spiro atoms. The van der Waals surface area contributed by atoms with Crippen molar-refractivity contribution in [3.8, 4) is 0 Å². The quantitative estimate of drug-likeness (QED) is 0.767. The number of nitrogen functional groups attached to an aromatic ring is 1. The number of hydrogen-bond donors (Lipinski definition) is 2. The van der Waals surface area contributed by atoms with E-state index in [1.807, 2.05) is 0 Å². The predicted molar refractivity (Wildman–Crippen MR) is 61.0 cm³/mol. The van der Waals surface area contributed by atoms with Crippen molar-refractivity contribution < 1.29 is 5.11 Å². The molecule has 1 heterocycles. The van der Waals surface area contributed by atoms with Crippen LogP contribution in [0, 0.1) is 5.92 Å². The Morgan fingerprint density at radius 1 is 1.56 bits per heavy atom. The first-order chi connectivity index (χ1) is 7.70. The van der Waals surface area contributed by atoms with Crippen molar-refractivity contribution in [1.82, 2.24) is 9.55 Å². The van der Waals surface area contributed by atoms with Gasteiger partial charge in [-0.2, -0.15) is 4.98 Å². The highest BCUT2D eigenvalue weighted by molar-refractivity contribution is 5.23. The lowest BCUT2D eigenvalue weighted by atomic mass is 9.86. The second-order valence-electron chi connectivity index (χ2n) is 4.41. The molecule has 0 aliphatic heterocycles. The van der Waals surface area contributed by atoms with Crippen LogP contribution in [0.25, 0.3) is 0 Å². The van der Waals surface area contributed by atoms with Gasteiger partial charge in [0.2, 0.25) is 0 Å². The fraction of sp³-hybridized carbons (Fsp3) is 0.636. The van der Waals surface area contributed by atoms with Crippen LogP contribution in [0.3, 0.4) is 0 Å². The lowest BCUT2D eigenvalue weighted by Crippen LogP contribution is -2.31. The minimum absolute atomic E-state index is 0.159. The van der Waals surface area contributed by atoms with Gasteiger partial charge in [0.05, 0.1) is 0 Å². The summed E-state index contributed by atoms with van der Waals surface area (Å²) >= 11 is 0. The standard InChI is InChI=1S/C11H17N3O2/c12-10-4-5-14(11(16)13-10)9-3-1-2-8(6-9)7-15/h4-5,8-9,15H,1-3,6-7H2,(H2,12,13,16)/t8-,9+/m0/s1. The molecule has 1 aliphatic rings. The van der Waals surface area contributed by atoms with Gasteiger partial charge in [-0.05, 0) is 31.2 Å². The van der Waals surface area contributed by atoms with Crippen molar-refractivity contribution >= 4 is 5.82 Å². The zero-order valence-corrected chi connectivity index (χ0v) is 9.17. The molecule has 0 aromatic carbocycles. The Hall–Kier alpha value is -1.36. The Labute approximate surface area is 93.9 Å². The van der Waals surface area contributed by atoms with Gasteiger partial charge in [0.15, 0.2) is 0 Å². The molecule has 5 nitrogen and oxygen atoms in total. The fourth-order valence-corrected chi connectivity index (χ4v) is 2.38. The van der Waals surface area contributed by atoms with E-state index in [0.717, 1.165) is 25.7 Å². The fourth-order valence-electron chi connectivity index (χ4n) is 2.38. The van der Waals surface area contributed by atoms with Crippen molar-refractivity contribution in [3.05, 3.63) is 22.7 Å². The maximum atomic E-state index is 11.6. The van der Waals surface area contributed by atoms with Gasteiger partial charge in [0, 0.05) is 18.8 Å². The largest absolute Gasteiger partial charge is 0.396 e. The summed E-state index contributed by atoms with van der Waals surface area (Å²) in [6.45, 7) is 0.202. The molecule has 0 saturated heterocycles. The van der Waals surface area contributed by atoms with Gasteiger partial charge in [0.1, 0.15) is 5.82 Å². The second-order valence-corrected chi connectivity index (χ2v) is 4.41. The Kier molecular flexibility index (Phi) is 3.24. The molecule has 16 heavy (non-hydrogen) atoms. The molecule has 3 N–H and O–H groups in total. The molecular formula is C11H17N3O2. The SMILES string of the molecule is Nc1ccn([C@@H]2CCC[C@H](CO)C2)c(=O)n1. The number of hydrogen-bond acceptors (Lipinski definition) is 4. The van der Waals surface area contributed by atoms with Crippen LogP contribution in [0.1, 0.15) is 31.7 Å². The number of aromatic nitrogens is 2. The number of nitrogens with zero attached hydrogens (tertiary/aromatic N) is 2. The topological polar surface area (TPSA) is 81.1 Å². The monoisotopic (exact) mass is 223 g/mol. The third-order valence-electron chi connectivity index (χ3n) is 3.26. The van der Waals surface area contributed by atoms with Crippen LogP contribution in [0.5, 0.6) is 0 Å². The van der Waals surface area contributed by atoms with E-state index in [1.54, 1.807) is 16.8 Å². The normalized spacial score (nSPS) is 25.6. The second kappa shape index (κ2) is 4.65. The van der Waals surface area contributed by atoms with Crippen LogP contribution in [0.15, 0.2) is 17.1 Å². The van der Waals surface area contributed by atoms with Crippen LogP contribution in [0.2, 0.25) is 0 Å². The van der Waals surface area contributed by atoms with Crippen molar-refractivity contribution in [3.63, 3.8) is 0 Å². The zero-order valence-electron chi connectivity index (χ0n) is 9.17. The Morgan fingerprint density at radius 3 is 3.06 bits per heavy atom. The number of anilines is 1. The zero-order chi connectivity index (χ0) is 11.5. The summed E-state index contributed by atoms with van der Waals surface area (Å²) in [5, 5.41) is 9.15. The first-order valence-corrected chi connectivity index (χ1v) is 5.66. The molecule has 5 heteroatoms. The maximum Gasteiger partial charge on any atom is 0.349 e. The van der Waals surface area contributed by atoms with Crippen LogP contribution in [-0.2, 0) is 0 Å². The Morgan fingerprint density at radius 2 is 2.38 bits per heavy atom. The summed E-state index contributed by atoms with van der Waals surface area (Å²) in [6.07, 6.45) is 5.62. The van der Waals surface area contributed by atoms with Gasteiger partial charge in [-0.25, -0.2) is 4.79 Å². The number of nitrogens with two attached hydrogens (primary N) is 1. The molecule has 1 aliphatic carbocycles. The van der Waals surface area contributed by atoms with E-state index in [-0.39, 0.29) is 24.2 Å². The van der Waals surface area contributed by atoms with Gasteiger partial charge in [-0.15, -0.1) is 0 Å². The van der Waals surface area contributed by atoms with E-state index in [1.165, 1.54) is 0 Å². The van der Waals surface area contributed by atoms with E-state index in [0.29, 0.717) is 5.92 Å². The number of aliphatic hydroxyl groups excluding tert-OH is 1. The minimum atomic E-state index is -0.288. The Bertz CT molecular complexity index is 416. The van der Waals surface area contributed by atoms with Gasteiger partial charge < -0.3 is 10.8 Å². The smallest absolute Gasteiger partial charge is 0.349 e. The lowest BCUT2D eigenvalue weighted by molar-refractivity contribution is 0.161. The molecule has 1 saturated carbocycles. The summed E-state index contributed by atoms with van der Waals surface area (Å²) in [7, 11) is 0.